The lowest BCUT2D eigenvalue weighted by Gasteiger charge is -2.36. The van der Waals surface area contributed by atoms with Gasteiger partial charge in [-0.15, -0.1) is 0 Å². The Balaban J connectivity index is 1.23. The summed E-state index contributed by atoms with van der Waals surface area (Å²) in [4.78, 5) is 15.6. The van der Waals surface area contributed by atoms with Crippen LogP contribution in [-0.2, 0) is 9.53 Å². The third-order valence-electron chi connectivity index (χ3n) is 8.90. The Morgan fingerprint density at radius 3 is 2.75 bits per heavy atom. The Morgan fingerprint density at radius 1 is 1.06 bits per heavy atom. The predicted octanol–water partition coefficient (Wildman–Crippen LogP) is -0.106. The van der Waals surface area contributed by atoms with Gasteiger partial charge in [0, 0.05) is 58.0 Å². The molecular formula is C26H52N8O2. The Labute approximate surface area is 218 Å². The first-order chi connectivity index (χ1) is 17.7. The highest BCUT2D eigenvalue weighted by Crippen LogP contribution is 2.26. The molecule has 7 atom stereocenters. The Hall–Kier alpha value is -0.850. The van der Waals surface area contributed by atoms with Crippen molar-refractivity contribution in [2.24, 2.45) is 17.8 Å². The molecule has 7 N–H and O–H groups in total. The van der Waals surface area contributed by atoms with Crippen molar-refractivity contribution in [3.8, 4) is 0 Å². The SMILES string of the molecule is CCC1CNCCC1CNC(=O)C1CCCC(NCC2NNC(C3CCNCN3)N2CCCOC)C1. The smallest absolute Gasteiger partial charge is 0.223 e. The number of hydrogen-bond acceptors (Lipinski definition) is 9. The second-order valence-electron chi connectivity index (χ2n) is 11.2. The number of nitrogens with zero attached hydrogens (tertiary/aromatic N) is 1. The Bertz CT molecular complexity index is 649. The van der Waals surface area contributed by atoms with Gasteiger partial charge in [0.1, 0.15) is 0 Å². The van der Waals surface area contributed by atoms with Crippen LogP contribution in [0.1, 0.15) is 58.3 Å². The molecule has 0 bridgehead atoms. The van der Waals surface area contributed by atoms with Gasteiger partial charge in [0.25, 0.3) is 0 Å². The van der Waals surface area contributed by atoms with Gasteiger partial charge in [0.15, 0.2) is 0 Å². The van der Waals surface area contributed by atoms with E-state index in [0.717, 1.165) is 91.1 Å². The number of amides is 1. The first-order valence-corrected chi connectivity index (χ1v) is 14.6. The number of nitrogens with one attached hydrogen (secondary N) is 7. The highest BCUT2D eigenvalue weighted by molar-refractivity contribution is 5.78. The van der Waals surface area contributed by atoms with Gasteiger partial charge in [-0.3, -0.25) is 15.0 Å². The van der Waals surface area contributed by atoms with E-state index in [4.69, 9.17) is 4.74 Å². The summed E-state index contributed by atoms with van der Waals surface area (Å²) in [6, 6.07) is 0.816. The lowest BCUT2D eigenvalue weighted by molar-refractivity contribution is -0.126. The van der Waals surface area contributed by atoms with Gasteiger partial charge in [-0.1, -0.05) is 19.8 Å². The van der Waals surface area contributed by atoms with Crippen molar-refractivity contribution in [1.82, 2.24) is 42.3 Å². The van der Waals surface area contributed by atoms with Crippen molar-refractivity contribution >= 4 is 5.91 Å². The second-order valence-corrected chi connectivity index (χ2v) is 11.2. The van der Waals surface area contributed by atoms with E-state index >= 15 is 0 Å². The van der Waals surface area contributed by atoms with Crippen LogP contribution < -0.4 is 37.4 Å². The van der Waals surface area contributed by atoms with Crippen LogP contribution in [0.15, 0.2) is 0 Å². The van der Waals surface area contributed by atoms with Crippen molar-refractivity contribution in [3.63, 3.8) is 0 Å². The molecule has 0 aromatic heterocycles. The second kappa shape index (κ2) is 14.9. The lowest BCUT2D eigenvalue weighted by Crippen LogP contribution is -2.59. The van der Waals surface area contributed by atoms with E-state index in [9.17, 15) is 4.79 Å². The van der Waals surface area contributed by atoms with Gasteiger partial charge in [0.05, 0.1) is 12.3 Å². The molecule has 0 aromatic carbocycles. The van der Waals surface area contributed by atoms with Crippen molar-refractivity contribution in [2.75, 3.05) is 59.7 Å². The molecule has 0 aromatic rings. The molecule has 4 aliphatic rings. The molecule has 1 saturated carbocycles. The summed E-state index contributed by atoms with van der Waals surface area (Å²) in [7, 11) is 1.77. The Morgan fingerprint density at radius 2 is 1.94 bits per heavy atom. The molecule has 36 heavy (non-hydrogen) atoms. The Kier molecular flexibility index (Phi) is 11.7. The molecule has 10 nitrogen and oxygen atoms in total. The number of ether oxygens (including phenoxy) is 1. The van der Waals surface area contributed by atoms with Gasteiger partial charge >= 0.3 is 0 Å². The van der Waals surface area contributed by atoms with Crippen molar-refractivity contribution in [2.45, 2.75) is 82.7 Å². The lowest BCUT2D eigenvalue weighted by atomic mass is 9.83. The van der Waals surface area contributed by atoms with E-state index in [1.165, 1.54) is 12.8 Å². The van der Waals surface area contributed by atoms with Gasteiger partial charge in [-0.25, -0.2) is 10.9 Å². The number of piperidine rings is 1. The normalized spacial score (nSPS) is 36.1. The summed E-state index contributed by atoms with van der Waals surface area (Å²) >= 11 is 0. The molecule has 10 heteroatoms. The minimum absolute atomic E-state index is 0.136. The number of hydrogen-bond donors (Lipinski definition) is 7. The molecule has 208 valence electrons. The molecule has 0 radical (unpaired) electrons. The summed E-state index contributed by atoms with van der Waals surface area (Å²) in [5.74, 6) is 1.71. The molecule has 1 amide bonds. The van der Waals surface area contributed by atoms with E-state index in [2.05, 4.69) is 49.3 Å². The summed E-state index contributed by atoms with van der Waals surface area (Å²) in [5, 5.41) is 17.6. The van der Waals surface area contributed by atoms with E-state index in [1.807, 2.05) is 0 Å². The highest BCUT2D eigenvalue weighted by atomic mass is 16.5. The van der Waals surface area contributed by atoms with Crippen molar-refractivity contribution < 1.29 is 9.53 Å². The minimum atomic E-state index is 0.136. The van der Waals surface area contributed by atoms with Gasteiger partial charge < -0.3 is 26.0 Å². The van der Waals surface area contributed by atoms with E-state index in [1.54, 1.807) is 7.11 Å². The third kappa shape index (κ3) is 7.83. The number of rotatable bonds is 12. The van der Waals surface area contributed by atoms with Crippen LogP contribution in [0.2, 0.25) is 0 Å². The quantitative estimate of drug-likeness (QED) is 0.182. The summed E-state index contributed by atoms with van der Waals surface area (Å²) in [6.07, 6.45) is 9.20. The van der Waals surface area contributed by atoms with Crippen LogP contribution in [0.5, 0.6) is 0 Å². The highest BCUT2D eigenvalue weighted by Gasteiger charge is 2.38. The number of hydrazine groups is 1. The van der Waals surface area contributed by atoms with Gasteiger partial charge in [-0.05, 0) is 70.0 Å². The number of methoxy groups -OCH3 is 1. The number of carbonyl (C=O) groups is 1. The van der Waals surface area contributed by atoms with E-state index in [0.29, 0.717) is 23.9 Å². The van der Waals surface area contributed by atoms with Gasteiger partial charge in [0.2, 0.25) is 5.91 Å². The average Bonchev–Trinajstić information content (AvgIpc) is 3.34. The molecule has 4 fully saturated rings. The van der Waals surface area contributed by atoms with Gasteiger partial charge in [-0.2, -0.15) is 0 Å². The standard InChI is InChI=1S/C26H52N8O2/c1-3-19-15-27-10-8-21(19)16-30-26(35)20-6-4-7-22(14-20)29-17-24-32-33-25(23-9-11-28-18-31-23)34(24)12-5-13-36-2/h19-25,27-29,31-33H,3-18H2,1-2H3,(H,30,35). The molecule has 1 aliphatic carbocycles. The third-order valence-corrected chi connectivity index (χ3v) is 8.90. The minimum Gasteiger partial charge on any atom is -0.385 e. The number of carbonyl (C=O) groups excluding carboxylic acids is 1. The van der Waals surface area contributed by atoms with Crippen molar-refractivity contribution in [1.29, 1.82) is 0 Å². The van der Waals surface area contributed by atoms with E-state index < -0.39 is 0 Å². The van der Waals surface area contributed by atoms with Crippen LogP contribution in [0.3, 0.4) is 0 Å². The van der Waals surface area contributed by atoms with Crippen LogP contribution >= 0.6 is 0 Å². The molecule has 0 spiro atoms. The van der Waals surface area contributed by atoms with Crippen LogP contribution in [0, 0.1) is 17.8 Å². The van der Waals surface area contributed by atoms with E-state index in [-0.39, 0.29) is 24.2 Å². The molecule has 3 saturated heterocycles. The maximum atomic E-state index is 13.0. The molecule has 7 unspecified atom stereocenters. The van der Waals surface area contributed by atoms with Crippen molar-refractivity contribution in [3.05, 3.63) is 0 Å². The van der Waals surface area contributed by atoms with Crippen LogP contribution in [0.25, 0.3) is 0 Å². The fourth-order valence-electron chi connectivity index (χ4n) is 6.64. The zero-order valence-corrected chi connectivity index (χ0v) is 22.6. The molecule has 3 heterocycles. The monoisotopic (exact) mass is 508 g/mol. The fraction of sp³-hybridized carbons (Fsp3) is 0.962. The first kappa shape index (κ1) is 28.2. The molecule has 4 rings (SSSR count). The maximum absolute atomic E-state index is 13.0. The predicted molar refractivity (Wildman–Crippen MR) is 143 cm³/mol. The largest absolute Gasteiger partial charge is 0.385 e. The fourth-order valence-corrected chi connectivity index (χ4v) is 6.64. The summed E-state index contributed by atoms with van der Waals surface area (Å²) in [6.45, 7) is 9.82. The van der Waals surface area contributed by atoms with Crippen LogP contribution in [-0.4, -0.2) is 94.9 Å². The summed E-state index contributed by atoms with van der Waals surface area (Å²) in [5.41, 5.74) is 7.11. The topological polar surface area (TPSA) is 114 Å². The maximum Gasteiger partial charge on any atom is 0.223 e. The first-order valence-electron chi connectivity index (χ1n) is 14.6. The molecular weight excluding hydrogens is 456 g/mol. The average molecular weight is 509 g/mol. The van der Waals surface area contributed by atoms with Crippen LogP contribution in [0.4, 0.5) is 0 Å². The molecule has 3 aliphatic heterocycles. The summed E-state index contributed by atoms with van der Waals surface area (Å²) < 4.78 is 5.33. The zero-order valence-electron chi connectivity index (χ0n) is 22.6. The zero-order chi connectivity index (χ0) is 25.2.